The van der Waals surface area contributed by atoms with Gasteiger partial charge in [-0.1, -0.05) is 6.07 Å². The molecule has 0 atom stereocenters. The molecule has 0 heterocycles. The lowest BCUT2D eigenvalue weighted by atomic mass is 10.1. The van der Waals surface area contributed by atoms with Crippen molar-refractivity contribution in [3.63, 3.8) is 0 Å². The summed E-state index contributed by atoms with van der Waals surface area (Å²) in [6.07, 6.45) is 0. The predicted molar refractivity (Wildman–Crippen MR) is 69.0 cm³/mol. The number of nitrogens with zero attached hydrogens (tertiary/aromatic N) is 3. The highest BCUT2D eigenvalue weighted by atomic mass is 16.6. The number of rotatable bonds is 7. The van der Waals surface area contributed by atoms with Gasteiger partial charge < -0.3 is 14.7 Å². The zero-order chi connectivity index (χ0) is 14.3. The number of benzene rings is 1. The summed E-state index contributed by atoms with van der Waals surface area (Å²) >= 11 is 0. The Kier molecular flexibility index (Phi) is 5.73. The fourth-order valence-corrected chi connectivity index (χ4v) is 1.74. The van der Waals surface area contributed by atoms with Crippen molar-refractivity contribution in [2.45, 2.75) is 0 Å². The Morgan fingerprint density at radius 1 is 1.53 bits per heavy atom. The molecule has 0 radical (unpaired) electrons. The minimum absolute atomic E-state index is 0.00265. The van der Waals surface area contributed by atoms with Crippen molar-refractivity contribution in [2.75, 3.05) is 38.3 Å². The third kappa shape index (κ3) is 3.64. The summed E-state index contributed by atoms with van der Waals surface area (Å²) in [5, 5.41) is 29.1. The van der Waals surface area contributed by atoms with Crippen LogP contribution in [0.4, 0.5) is 11.4 Å². The fraction of sp³-hybridized carbons (Fsp3) is 0.417. The van der Waals surface area contributed by atoms with E-state index < -0.39 is 4.92 Å². The quantitative estimate of drug-likeness (QED) is 0.581. The maximum Gasteiger partial charge on any atom is 0.310 e. The summed E-state index contributed by atoms with van der Waals surface area (Å²) in [7, 11) is 1.53. The topological polar surface area (TPSA) is 99.6 Å². The van der Waals surface area contributed by atoms with Crippen LogP contribution in [-0.4, -0.2) is 43.4 Å². The van der Waals surface area contributed by atoms with Crippen LogP contribution in [0.2, 0.25) is 0 Å². The molecule has 1 aromatic rings. The van der Waals surface area contributed by atoms with Gasteiger partial charge in [0.15, 0.2) is 0 Å². The average Bonchev–Trinajstić information content (AvgIpc) is 2.42. The Labute approximate surface area is 110 Å². The van der Waals surface area contributed by atoms with Gasteiger partial charge >= 0.3 is 5.69 Å². The van der Waals surface area contributed by atoms with Crippen LogP contribution < -0.4 is 4.90 Å². The summed E-state index contributed by atoms with van der Waals surface area (Å²) in [6.45, 7) is 0.859. The highest BCUT2D eigenvalue weighted by molar-refractivity contribution is 5.69. The Morgan fingerprint density at radius 2 is 2.26 bits per heavy atom. The van der Waals surface area contributed by atoms with Crippen molar-refractivity contribution in [3.8, 4) is 6.07 Å². The van der Waals surface area contributed by atoms with Crippen molar-refractivity contribution in [1.82, 2.24) is 0 Å². The Balaban J connectivity index is 3.21. The van der Waals surface area contributed by atoms with Crippen molar-refractivity contribution in [1.29, 1.82) is 5.26 Å². The van der Waals surface area contributed by atoms with Crippen LogP contribution in [0.3, 0.4) is 0 Å². The highest BCUT2D eigenvalue weighted by Gasteiger charge is 2.23. The minimum Gasteiger partial charge on any atom is -0.395 e. The number of methoxy groups -OCH3 is 1. The van der Waals surface area contributed by atoms with Crippen LogP contribution in [-0.2, 0) is 4.74 Å². The molecule has 0 amide bonds. The van der Waals surface area contributed by atoms with Crippen molar-refractivity contribution < 1.29 is 14.8 Å². The van der Waals surface area contributed by atoms with E-state index in [0.717, 1.165) is 0 Å². The number of aliphatic hydroxyl groups excluding tert-OH is 1. The molecule has 0 saturated carbocycles. The number of para-hydroxylation sites is 1. The maximum absolute atomic E-state index is 11.1. The minimum atomic E-state index is -0.578. The number of anilines is 1. The molecular formula is C12H15N3O4. The number of hydrogen-bond acceptors (Lipinski definition) is 6. The first-order valence-electron chi connectivity index (χ1n) is 5.68. The maximum atomic E-state index is 11.1. The molecule has 0 aliphatic heterocycles. The summed E-state index contributed by atoms with van der Waals surface area (Å²) < 4.78 is 4.94. The smallest absolute Gasteiger partial charge is 0.310 e. The Morgan fingerprint density at radius 3 is 2.79 bits per heavy atom. The van der Waals surface area contributed by atoms with E-state index in [1.165, 1.54) is 13.2 Å². The molecule has 102 valence electrons. The van der Waals surface area contributed by atoms with E-state index in [1.54, 1.807) is 17.0 Å². The number of nitro benzene ring substituents is 1. The third-order valence-corrected chi connectivity index (χ3v) is 2.59. The average molecular weight is 265 g/mol. The second-order valence-corrected chi connectivity index (χ2v) is 3.75. The van der Waals surface area contributed by atoms with Gasteiger partial charge in [0, 0.05) is 20.2 Å². The summed E-state index contributed by atoms with van der Waals surface area (Å²) in [6, 6.07) is 6.35. The molecule has 0 fully saturated rings. The van der Waals surface area contributed by atoms with E-state index >= 15 is 0 Å². The zero-order valence-electron chi connectivity index (χ0n) is 10.6. The summed E-state index contributed by atoms with van der Waals surface area (Å²) in [5.74, 6) is 0. The SMILES string of the molecule is COCCN(CCO)c1cccc(C#N)c1[N+](=O)[O-]. The molecule has 0 spiro atoms. The van der Waals surface area contributed by atoms with E-state index in [1.807, 2.05) is 6.07 Å². The number of hydrogen-bond donors (Lipinski definition) is 1. The lowest BCUT2D eigenvalue weighted by Gasteiger charge is -2.23. The largest absolute Gasteiger partial charge is 0.395 e. The highest BCUT2D eigenvalue weighted by Crippen LogP contribution is 2.31. The van der Waals surface area contributed by atoms with Gasteiger partial charge in [0.2, 0.25) is 0 Å². The molecule has 0 saturated heterocycles. The molecule has 0 unspecified atom stereocenters. The summed E-state index contributed by atoms with van der Waals surface area (Å²) in [4.78, 5) is 12.2. The molecule has 7 heteroatoms. The third-order valence-electron chi connectivity index (χ3n) is 2.59. The van der Waals surface area contributed by atoms with E-state index in [0.29, 0.717) is 18.8 Å². The van der Waals surface area contributed by atoms with E-state index in [9.17, 15) is 10.1 Å². The molecule has 0 aliphatic rings. The monoisotopic (exact) mass is 265 g/mol. The molecule has 1 aromatic carbocycles. The van der Waals surface area contributed by atoms with Gasteiger partial charge in [-0.25, -0.2) is 0 Å². The standard InChI is InChI=1S/C12H15N3O4/c1-19-8-6-14(5-7-16)11-4-2-3-10(9-13)12(11)15(17)18/h2-4,16H,5-8H2,1H3. The normalized spacial score (nSPS) is 9.95. The van der Waals surface area contributed by atoms with Gasteiger partial charge in [-0.15, -0.1) is 0 Å². The van der Waals surface area contributed by atoms with Crippen molar-refractivity contribution in [2.24, 2.45) is 0 Å². The number of ether oxygens (including phenoxy) is 1. The first kappa shape index (κ1) is 14.9. The molecular weight excluding hydrogens is 250 g/mol. The number of aliphatic hydroxyl groups is 1. The van der Waals surface area contributed by atoms with Crippen LogP contribution in [0.5, 0.6) is 0 Å². The molecule has 7 nitrogen and oxygen atoms in total. The first-order chi connectivity index (χ1) is 9.15. The molecule has 0 aromatic heterocycles. The Hall–Kier alpha value is -2.17. The van der Waals surface area contributed by atoms with Gasteiger partial charge in [-0.05, 0) is 12.1 Å². The molecule has 1 rings (SSSR count). The second-order valence-electron chi connectivity index (χ2n) is 3.75. The fourth-order valence-electron chi connectivity index (χ4n) is 1.74. The van der Waals surface area contributed by atoms with Crippen LogP contribution in [0.25, 0.3) is 0 Å². The van der Waals surface area contributed by atoms with Gasteiger partial charge in [0.25, 0.3) is 0 Å². The molecule has 1 N–H and O–H groups in total. The molecule has 0 aliphatic carbocycles. The van der Waals surface area contributed by atoms with Gasteiger partial charge in [-0.2, -0.15) is 5.26 Å². The lowest BCUT2D eigenvalue weighted by molar-refractivity contribution is -0.384. The number of nitro groups is 1. The lowest BCUT2D eigenvalue weighted by Crippen LogP contribution is -2.30. The number of nitriles is 1. The van der Waals surface area contributed by atoms with Gasteiger partial charge in [0.1, 0.15) is 17.3 Å². The van der Waals surface area contributed by atoms with Crippen LogP contribution in [0, 0.1) is 21.4 Å². The van der Waals surface area contributed by atoms with Gasteiger partial charge in [0.05, 0.1) is 18.1 Å². The van der Waals surface area contributed by atoms with E-state index in [2.05, 4.69) is 0 Å². The predicted octanol–water partition coefficient (Wildman–Crippen LogP) is 0.912. The van der Waals surface area contributed by atoms with Crippen LogP contribution in [0.1, 0.15) is 5.56 Å². The summed E-state index contributed by atoms with van der Waals surface area (Å²) in [5.41, 5.74) is 0.0764. The first-order valence-corrected chi connectivity index (χ1v) is 5.68. The molecule has 19 heavy (non-hydrogen) atoms. The van der Waals surface area contributed by atoms with Crippen molar-refractivity contribution in [3.05, 3.63) is 33.9 Å². The zero-order valence-corrected chi connectivity index (χ0v) is 10.6. The van der Waals surface area contributed by atoms with Crippen molar-refractivity contribution >= 4 is 11.4 Å². The van der Waals surface area contributed by atoms with Gasteiger partial charge in [-0.3, -0.25) is 10.1 Å². The second kappa shape index (κ2) is 7.31. The van der Waals surface area contributed by atoms with E-state index in [-0.39, 0.29) is 24.4 Å². The molecule has 0 bridgehead atoms. The Bertz CT molecular complexity index is 484. The van der Waals surface area contributed by atoms with Crippen LogP contribution in [0.15, 0.2) is 18.2 Å². The van der Waals surface area contributed by atoms with Crippen LogP contribution >= 0.6 is 0 Å². The van der Waals surface area contributed by atoms with E-state index in [4.69, 9.17) is 15.1 Å².